The maximum atomic E-state index is 13.1. The highest BCUT2D eigenvalue weighted by Crippen LogP contribution is 2.37. The zero-order chi connectivity index (χ0) is 22.9. The van der Waals surface area contributed by atoms with Crippen molar-refractivity contribution in [1.29, 1.82) is 0 Å². The molecule has 1 N–H and O–H groups in total. The van der Waals surface area contributed by atoms with Gasteiger partial charge in [0.25, 0.3) is 15.9 Å². The van der Waals surface area contributed by atoms with E-state index in [1.165, 1.54) is 6.07 Å². The lowest BCUT2D eigenvalue weighted by atomic mass is 9.97. The average molecular weight is 460 g/mol. The van der Waals surface area contributed by atoms with Gasteiger partial charge in [0.15, 0.2) is 5.03 Å². The highest BCUT2D eigenvalue weighted by molar-refractivity contribution is 7.90. The third-order valence-electron chi connectivity index (χ3n) is 5.91. The van der Waals surface area contributed by atoms with Crippen molar-refractivity contribution in [3.05, 3.63) is 42.1 Å². The molecule has 0 aliphatic carbocycles. The van der Waals surface area contributed by atoms with Gasteiger partial charge in [-0.1, -0.05) is 13.0 Å². The fourth-order valence-electron chi connectivity index (χ4n) is 4.50. The van der Waals surface area contributed by atoms with Crippen molar-refractivity contribution >= 4 is 27.6 Å². The van der Waals surface area contributed by atoms with Gasteiger partial charge in [-0.25, -0.2) is 14.7 Å². The Labute approximate surface area is 188 Å². The average Bonchev–Trinajstić information content (AvgIpc) is 3.06. The van der Waals surface area contributed by atoms with Crippen LogP contribution >= 0.6 is 0 Å². The molecule has 0 bridgehead atoms. The molecule has 0 saturated carbocycles. The van der Waals surface area contributed by atoms with Crippen LogP contribution in [0.2, 0.25) is 0 Å². The molecular formula is C22H29N5O4S. The third kappa shape index (κ3) is 4.56. The topological polar surface area (TPSA) is 105 Å². The van der Waals surface area contributed by atoms with Gasteiger partial charge in [-0.2, -0.15) is 8.42 Å². The van der Waals surface area contributed by atoms with Crippen LogP contribution in [0.15, 0.2) is 41.6 Å². The van der Waals surface area contributed by atoms with Gasteiger partial charge in [-0.05, 0) is 50.5 Å². The molecule has 0 aromatic carbocycles. The Morgan fingerprint density at radius 3 is 2.62 bits per heavy atom. The van der Waals surface area contributed by atoms with Crippen molar-refractivity contribution in [2.75, 3.05) is 42.6 Å². The fraction of sp³-hybridized carbons (Fsp3) is 0.500. The second-order valence-corrected chi connectivity index (χ2v) is 10.6. The number of morpholine rings is 1. The van der Waals surface area contributed by atoms with Gasteiger partial charge in [0, 0.05) is 31.4 Å². The molecule has 4 rings (SSSR count). The van der Waals surface area contributed by atoms with E-state index < -0.39 is 15.9 Å². The second kappa shape index (κ2) is 8.67. The number of pyridine rings is 2. The lowest BCUT2D eigenvalue weighted by Gasteiger charge is -2.33. The number of nitrogens with one attached hydrogen (secondary N) is 1. The minimum absolute atomic E-state index is 0.185. The van der Waals surface area contributed by atoms with Crippen LogP contribution in [0.3, 0.4) is 0 Å². The van der Waals surface area contributed by atoms with Gasteiger partial charge < -0.3 is 14.5 Å². The van der Waals surface area contributed by atoms with E-state index in [0.29, 0.717) is 43.9 Å². The highest BCUT2D eigenvalue weighted by atomic mass is 32.2. The van der Waals surface area contributed by atoms with E-state index in [1.807, 2.05) is 4.90 Å². The van der Waals surface area contributed by atoms with E-state index in [4.69, 9.17) is 4.74 Å². The molecule has 1 unspecified atom stereocenters. The Hall–Kier alpha value is -2.72. The van der Waals surface area contributed by atoms with Crippen molar-refractivity contribution in [3.63, 3.8) is 0 Å². The van der Waals surface area contributed by atoms with E-state index in [0.717, 1.165) is 13.0 Å². The van der Waals surface area contributed by atoms with Crippen molar-refractivity contribution in [1.82, 2.24) is 14.7 Å². The van der Waals surface area contributed by atoms with Crippen LogP contribution in [0.5, 0.6) is 0 Å². The second-order valence-electron chi connectivity index (χ2n) is 8.97. The highest BCUT2D eigenvalue weighted by Gasteiger charge is 2.39. The largest absolute Gasteiger partial charge is 0.378 e. The summed E-state index contributed by atoms with van der Waals surface area (Å²) < 4.78 is 33.5. The predicted molar refractivity (Wildman–Crippen MR) is 121 cm³/mol. The normalized spacial score (nSPS) is 20.9. The first-order valence-electron chi connectivity index (χ1n) is 10.8. The minimum Gasteiger partial charge on any atom is -0.378 e. The number of hydrogen-bond acceptors (Lipinski definition) is 8. The molecule has 10 heteroatoms. The van der Waals surface area contributed by atoms with Crippen LogP contribution in [0.1, 0.15) is 37.6 Å². The van der Waals surface area contributed by atoms with Crippen LogP contribution < -0.4 is 14.5 Å². The summed E-state index contributed by atoms with van der Waals surface area (Å²) in [5, 5.41) is -0.199. The summed E-state index contributed by atoms with van der Waals surface area (Å²) in [4.78, 5) is 25.8. The lowest BCUT2D eigenvalue weighted by molar-refractivity contribution is 0.0981. The molecule has 2 saturated heterocycles. The summed E-state index contributed by atoms with van der Waals surface area (Å²) in [6.07, 6.45) is 2.58. The molecule has 0 spiro atoms. The predicted octanol–water partition coefficient (Wildman–Crippen LogP) is 2.06. The van der Waals surface area contributed by atoms with E-state index >= 15 is 0 Å². The SMILES string of the molecule is CC1CN(c2ncccc2C(=O)NS(=O)(=O)c2cccc(N3CCOCC3)n2)C(C)(C)C1. The van der Waals surface area contributed by atoms with E-state index in [1.54, 1.807) is 30.5 Å². The fourth-order valence-corrected chi connectivity index (χ4v) is 5.43. The number of aromatic nitrogens is 2. The summed E-state index contributed by atoms with van der Waals surface area (Å²) in [5.74, 6) is 0.754. The lowest BCUT2D eigenvalue weighted by Crippen LogP contribution is -2.41. The molecule has 2 fully saturated rings. The van der Waals surface area contributed by atoms with Gasteiger partial charge in [-0.15, -0.1) is 0 Å². The molecule has 2 aliphatic heterocycles. The Morgan fingerprint density at radius 1 is 1.19 bits per heavy atom. The Morgan fingerprint density at radius 2 is 1.94 bits per heavy atom. The van der Waals surface area contributed by atoms with Crippen LogP contribution in [-0.4, -0.2) is 62.7 Å². The number of nitrogens with zero attached hydrogens (tertiary/aromatic N) is 4. The zero-order valence-electron chi connectivity index (χ0n) is 18.6. The molecule has 2 aliphatic rings. The molecule has 0 radical (unpaired) electrons. The molecular weight excluding hydrogens is 430 g/mol. The zero-order valence-corrected chi connectivity index (χ0v) is 19.4. The van der Waals surface area contributed by atoms with Gasteiger partial charge in [0.1, 0.15) is 11.6 Å². The quantitative estimate of drug-likeness (QED) is 0.725. The van der Waals surface area contributed by atoms with Gasteiger partial charge in [0.2, 0.25) is 0 Å². The van der Waals surface area contributed by atoms with Crippen molar-refractivity contribution in [2.24, 2.45) is 5.92 Å². The number of anilines is 2. The van der Waals surface area contributed by atoms with E-state index in [9.17, 15) is 13.2 Å². The first-order chi connectivity index (χ1) is 15.2. The number of rotatable bonds is 5. The number of hydrogen-bond donors (Lipinski definition) is 1. The monoisotopic (exact) mass is 459 g/mol. The van der Waals surface area contributed by atoms with Crippen LogP contribution in [-0.2, 0) is 14.8 Å². The summed E-state index contributed by atoms with van der Waals surface area (Å²) in [6, 6.07) is 8.00. The molecule has 172 valence electrons. The molecule has 9 nitrogen and oxygen atoms in total. The van der Waals surface area contributed by atoms with E-state index in [-0.39, 0.29) is 16.1 Å². The van der Waals surface area contributed by atoms with Crippen LogP contribution in [0, 0.1) is 5.92 Å². The molecule has 1 amide bonds. The number of ether oxygens (including phenoxy) is 1. The van der Waals surface area contributed by atoms with E-state index in [2.05, 4.69) is 40.4 Å². The van der Waals surface area contributed by atoms with Gasteiger partial charge in [-0.3, -0.25) is 4.79 Å². The van der Waals surface area contributed by atoms with Gasteiger partial charge >= 0.3 is 0 Å². The number of carbonyl (C=O) groups is 1. The van der Waals surface area contributed by atoms with Crippen molar-refractivity contribution in [3.8, 4) is 0 Å². The van der Waals surface area contributed by atoms with Crippen LogP contribution in [0.4, 0.5) is 11.6 Å². The third-order valence-corrected chi connectivity index (χ3v) is 7.14. The van der Waals surface area contributed by atoms with Gasteiger partial charge in [0.05, 0.1) is 18.8 Å². The summed E-state index contributed by atoms with van der Waals surface area (Å²) in [6.45, 7) is 9.49. The summed E-state index contributed by atoms with van der Waals surface area (Å²) in [5.41, 5.74) is 0.0398. The Bertz CT molecular complexity index is 1100. The number of amides is 1. The minimum atomic E-state index is -4.16. The molecule has 4 heterocycles. The summed E-state index contributed by atoms with van der Waals surface area (Å²) >= 11 is 0. The van der Waals surface area contributed by atoms with Crippen LogP contribution in [0.25, 0.3) is 0 Å². The molecule has 1 atom stereocenters. The summed E-state index contributed by atoms with van der Waals surface area (Å²) in [7, 11) is -4.16. The Kier molecular flexibility index (Phi) is 6.09. The maximum absolute atomic E-state index is 13.1. The molecule has 2 aromatic heterocycles. The smallest absolute Gasteiger partial charge is 0.281 e. The number of carbonyl (C=O) groups excluding carboxylic acids is 1. The molecule has 2 aromatic rings. The Balaban J connectivity index is 1.58. The van der Waals surface area contributed by atoms with Crippen molar-refractivity contribution in [2.45, 2.75) is 37.8 Å². The number of sulfonamides is 1. The first kappa shape index (κ1) is 22.5. The molecule has 32 heavy (non-hydrogen) atoms. The standard InChI is InChI=1S/C22H29N5O4S/c1-16-14-22(2,3)27(15-16)20-17(6-5-9-23-20)21(28)25-32(29,30)19-8-4-7-18(24-19)26-10-12-31-13-11-26/h4-9,16H,10-15H2,1-3H3,(H,25,28). The maximum Gasteiger partial charge on any atom is 0.281 e. The van der Waals surface area contributed by atoms with Crippen molar-refractivity contribution < 1.29 is 17.9 Å². The first-order valence-corrected chi connectivity index (χ1v) is 12.3.